The molecule has 3 heterocycles. The van der Waals surface area contributed by atoms with Gasteiger partial charge < -0.3 is 14.8 Å². The van der Waals surface area contributed by atoms with Gasteiger partial charge in [-0.15, -0.1) is 10.2 Å². The SMILES string of the molecule is C=C(C)COc1ccc(C2CC(=O)Nc3c2c(C)nn3-c2ccc(Cl)nn2)cc1OC. The Labute approximate surface area is 184 Å². The summed E-state index contributed by atoms with van der Waals surface area (Å²) in [5.74, 6) is 1.97. The van der Waals surface area contributed by atoms with E-state index in [9.17, 15) is 4.79 Å². The minimum Gasteiger partial charge on any atom is -0.493 e. The van der Waals surface area contributed by atoms with Gasteiger partial charge in [0.1, 0.15) is 12.4 Å². The molecule has 0 spiro atoms. The molecule has 1 unspecified atom stereocenters. The van der Waals surface area contributed by atoms with Crippen LogP contribution >= 0.6 is 11.6 Å². The second kappa shape index (κ2) is 8.39. The zero-order valence-corrected chi connectivity index (χ0v) is 18.2. The summed E-state index contributed by atoms with van der Waals surface area (Å²) in [6, 6.07) is 9.04. The molecule has 8 nitrogen and oxygen atoms in total. The van der Waals surface area contributed by atoms with Crippen molar-refractivity contribution in [2.45, 2.75) is 26.2 Å². The number of anilines is 1. The maximum absolute atomic E-state index is 12.6. The maximum Gasteiger partial charge on any atom is 0.226 e. The van der Waals surface area contributed by atoms with Crippen LogP contribution in [0.4, 0.5) is 5.82 Å². The van der Waals surface area contributed by atoms with E-state index in [4.69, 9.17) is 21.1 Å². The standard InChI is InChI=1S/C22H22ClN5O3/c1-12(2)11-31-16-6-5-14(9-17(16)30-4)15-10-20(29)24-22-21(15)13(3)27-28(22)19-8-7-18(23)25-26-19/h5-9,15H,1,10-11H2,2-4H3,(H,24,29). The van der Waals surface area contributed by atoms with Crippen LogP contribution in [0.25, 0.3) is 5.82 Å². The average Bonchev–Trinajstić information content (AvgIpc) is 3.08. The van der Waals surface area contributed by atoms with E-state index >= 15 is 0 Å². The second-order valence-electron chi connectivity index (χ2n) is 7.43. The number of fused-ring (bicyclic) bond motifs is 1. The molecule has 2 aromatic heterocycles. The van der Waals surface area contributed by atoms with Crippen LogP contribution in [0, 0.1) is 6.92 Å². The summed E-state index contributed by atoms with van der Waals surface area (Å²) in [7, 11) is 1.59. The van der Waals surface area contributed by atoms with Gasteiger partial charge in [-0.2, -0.15) is 9.78 Å². The molecule has 0 radical (unpaired) electrons. The number of benzene rings is 1. The summed E-state index contributed by atoms with van der Waals surface area (Å²) in [5.41, 5.74) is 3.56. The van der Waals surface area contributed by atoms with E-state index in [1.54, 1.807) is 23.9 Å². The highest BCUT2D eigenvalue weighted by Crippen LogP contribution is 2.42. The summed E-state index contributed by atoms with van der Waals surface area (Å²) < 4.78 is 12.9. The van der Waals surface area contributed by atoms with Gasteiger partial charge in [-0.3, -0.25) is 4.79 Å². The first kappa shape index (κ1) is 20.9. The molecule has 0 bridgehead atoms. The molecule has 160 valence electrons. The molecular formula is C22H22ClN5O3. The minimum atomic E-state index is -0.193. The van der Waals surface area contributed by atoms with Crippen LogP contribution in [0.5, 0.6) is 11.5 Å². The van der Waals surface area contributed by atoms with Crippen molar-refractivity contribution in [2.24, 2.45) is 0 Å². The lowest BCUT2D eigenvalue weighted by Gasteiger charge is -2.25. The number of ether oxygens (including phenoxy) is 2. The third-order valence-electron chi connectivity index (χ3n) is 5.00. The molecule has 4 rings (SSSR count). The summed E-state index contributed by atoms with van der Waals surface area (Å²) in [6.07, 6.45) is 0.293. The maximum atomic E-state index is 12.6. The molecule has 0 saturated carbocycles. The molecule has 1 aliphatic heterocycles. The molecule has 1 aliphatic rings. The van der Waals surface area contributed by atoms with E-state index < -0.39 is 0 Å². The van der Waals surface area contributed by atoms with Crippen LogP contribution in [-0.2, 0) is 4.79 Å². The number of halogens is 1. The summed E-state index contributed by atoms with van der Waals surface area (Å²) in [5, 5.41) is 15.8. The fourth-order valence-electron chi connectivity index (χ4n) is 3.64. The topological polar surface area (TPSA) is 91.2 Å². The summed E-state index contributed by atoms with van der Waals surface area (Å²) in [6.45, 7) is 8.06. The van der Waals surface area contributed by atoms with Gasteiger partial charge in [0, 0.05) is 17.9 Å². The van der Waals surface area contributed by atoms with Gasteiger partial charge in [-0.1, -0.05) is 24.2 Å². The fraction of sp³-hybridized carbons (Fsp3) is 0.273. The number of nitrogens with zero attached hydrogens (tertiary/aromatic N) is 4. The summed E-state index contributed by atoms with van der Waals surface area (Å²) in [4.78, 5) is 12.6. The van der Waals surface area contributed by atoms with Crippen molar-refractivity contribution >= 4 is 23.3 Å². The monoisotopic (exact) mass is 439 g/mol. The Morgan fingerprint density at radius 3 is 2.77 bits per heavy atom. The van der Waals surface area contributed by atoms with Crippen molar-refractivity contribution in [3.05, 3.63) is 64.5 Å². The molecule has 1 atom stereocenters. The van der Waals surface area contributed by atoms with Crippen molar-refractivity contribution in [1.82, 2.24) is 20.0 Å². The first-order valence-electron chi connectivity index (χ1n) is 9.71. The van der Waals surface area contributed by atoms with Gasteiger partial charge in [0.15, 0.2) is 22.5 Å². The number of hydrogen-bond acceptors (Lipinski definition) is 6. The Bertz CT molecular complexity index is 1160. The number of nitrogens with one attached hydrogen (secondary N) is 1. The normalized spacial score (nSPS) is 15.2. The van der Waals surface area contributed by atoms with Gasteiger partial charge in [0.2, 0.25) is 5.91 Å². The highest BCUT2D eigenvalue weighted by molar-refractivity contribution is 6.29. The van der Waals surface area contributed by atoms with E-state index in [2.05, 4.69) is 27.2 Å². The first-order chi connectivity index (χ1) is 14.9. The van der Waals surface area contributed by atoms with Gasteiger partial charge in [-0.25, -0.2) is 0 Å². The third kappa shape index (κ3) is 4.11. The molecule has 0 saturated heterocycles. The lowest BCUT2D eigenvalue weighted by atomic mass is 9.85. The zero-order valence-electron chi connectivity index (χ0n) is 17.5. The van der Waals surface area contributed by atoms with Crippen LogP contribution < -0.4 is 14.8 Å². The van der Waals surface area contributed by atoms with E-state index in [0.29, 0.717) is 36.2 Å². The zero-order chi connectivity index (χ0) is 22.1. The van der Waals surface area contributed by atoms with Crippen molar-refractivity contribution in [3.63, 3.8) is 0 Å². The molecule has 31 heavy (non-hydrogen) atoms. The number of carbonyl (C=O) groups is 1. The Morgan fingerprint density at radius 1 is 1.29 bits per heavy atom. The molecule has 3 aromatic rings. The number of methoxy groups -OCH3 is 1. The Balaban J connectivity index is 1.76. The number of carbonyl (C=O) groups excluding carboxylic acids is 1. The van der Waals surface area contributed by atoms with Gasteiger partial charge in [-0.05, 0) is 49.2 Å². The Hall–Kier alpha value is -3.39. The van der Waals surface area contributed by atoms with Crippen LogP contribution in [0.3, 0.4) is 0 Å². The predicted molar refractivity (Wildman–Crippen MR) is 117 cm³/mol. The highest BCUT2D eigenvalue weighted by Gasteiger charge is 2.33. The number of hydrogen-bond donors (Lipinski definition) is 1. The first-order valence-corrected chi connectivity index (χ1v) is 10.1. The van der Waals surface area contributed by atoms with Gasteiger partial charge in [0.05, 0.1) is 12.8 Å². The predicted octanol–water partition coefficient (Wildman–Crippen LogP) is 4.06. The smallest absolute Gasteiger partial charge is 0.226 e. The van der Waals surface area contributed by atoms with Crippen molar-refractivity contribution in [1.29, 1.82) is 0 Å². The molecular weight excluding hydrogens is 418 g/mol. The van der Waals surface area contributed by atoms with Crippen molar-refractivity contribution in [2.75, 3.05) is 19.0 Å². The van der Waals surface area contributed by atoms with Gasteiger partial charge >= 0.3 is 0 Å². The van der Waals surface area contributed by atoms with Crippen LogP contribution in [0.15, 0.2) is 42.5 Å². The molecule has 1 N–H and O–H groups in total. The van der Waals surface area contributed by atoms with E-state index in [-0.39, 0.29) is 17.0 Å². The number of amides is 1. The second-order valence-corrected chi connectivity index (χ2v) is 7.82. The quantitative estimate of drug-likeness (QED) is 0.582. The van der Waals surface area contributed by atoms with Crippen molar-refractivity contribution in [3.8, 4) is 17.3 Å². The molecule has 1 aromatic carbocycles. The highest BCUT2D eigenvalue weighted by atomic mass is 35.5. The van der Waals surface area contributed by atoms with Gasteiger partial charge in [0.25, 0.3) is 0 Å². The van der Waals surface area contributed by atoms with Crippen LogP contribution in [-0.4, -0.2) is 39.6 Å². The summed E-state index contributed by atoms with van der Waals surface area (Å²) >= 11 is 5.86. The molecule has 0 fully saturated rings. The van der Waals surface area contributed by atoms with Crippen LogP contribution in [0.2, 0.25) is 5.15 Å². The van der Waals surface area contributed by atoms with E-state index in [0.717, 1.165) is 22.4 Å². The number of aromatic nitrogens is 4. The van der Waals surface area contributed by atoms with Crippen LogP contribution in [0.1, 0.15) is 36.1 Å². The average molecular weight is 440 g/mol. The molecule has 1 amide bonds. The van der Waals surface area contributed by atoms with Crippen molar-refractivity contribution < 1.29 is 14.3 Å². The lowest BCUT2D eigenvalue weighted by Crippen LogP contribution is -2.25. The minimum absolute atomic E-state index is 0.109. The Morgan fingerprint density at radius 2 is 2.10 bits per heavy atom. The number of rotatable bonds is 6. The lowest BCUT2D eigenvalue weighted by molar-refractivity contribution is -0.116. The molecule has 9 heteroatoms. The van der Waals surface area contributed by atoms with E-state index in [1.165, 1.54) is 0 Å². The third-order valence-corrected chi connectivity index (χ3v) is 5.20. The fourth-order valence-corrected chi connectivity index (χ4v) is 3.74. The van der Waals surface area contributed by atoms with E-state index in [1.807, 2.05) is 32.0 Å². The Kier molecular flexibility index (Phi) is 5.65. The largest absolute Gasteiger partial charge is 0.493 e. The molecule has 0 aliphatic carbocycles. The number of aryl methyl sites for hydroxylation is 1.